The Morgan fingerprint density at radius 1 is 1.32 bits per heavy atom. The van der Waals surface area contributed by atoms with Gasteiger partial charge in [0.05, 0.1) is 6.61 Å². The van der Waals surface area contributed by atoms with E-state index in [1.165, 1.54) is 0 Å². The predicted molar refractivity (Wildman–Crippen MR) is 101 cm³/mol. The maximum absolute atomic E-state index is 11.4. The number of aliphatic hydroxyl groups excluding tert-OH is 1. The van der Waals surface area contributed by atoms with E-state index in [0.717, 1.165) is 0 Å². The highest BCUT2D eigenvalue weighted by molar-refractivity contribution is 6.74. The molecule has 0 amide bonds. The van der Waals surface area contributed by atoms with Gasteiger partial charge in [-0.15, -0.1) is 0 Å². The highest BCUT2D eigenvalue weighted by Crippen LogP contribution is 2.43. The van der Waals surface area contributed by atoms with Gasteiger partial charge in [0.1, 0.15) is 24.4 Å². The van der Waals surface area contributed by atoms with Gasteiger partial charge in [-0.05, 0) is 30.3 Å². The lowest BCUT2D eigenvalue weighted by Gasteiger charge is -2.43. The minimum Gasteiger partial charge on any atom is -0.408 e. The van der Waals surface area contributed by atoms with Crippen LogP contribution in [0.4, 0.5) is 0 Å². The number of rotatable bonds is 2. The van der Waals surface area contributed by atoms with Gasteiger partial charge in [-0.25, -0.2) is 0 Å². The number of hydrogen-bond acceptors (Lipinski definition) is 4. The zero-order chi connectivity index (χ0) is 18.7. The molecule has 1 heterocycles. The molecular weight excluding hydrogens is 332 g/mol. The fourth-order valence-corrected chi connectivity index (χ4v) is 3.82. The Bertz CT molecular complexity index is 678. The first-order chi connectivity index (χ1) is 11.6. The van der Waals surface area contributed by atoms with E-state index in [1.54, 1.807) is 18.2 Å². The normalized spacial score (nSPS) is 31.2. The third-order valence-corrected chi connectivity index (χ3v) is 9.55. The number of allylic oxidation sites excluding steroid dienone is 1. The van der Waals surface area contributed by atoms with Gasteiger partial charge in [0.2, 0.25) is 0 Å². The Labute approximate surface area is 152 Å². The molecule has 0 spiro atoms. The summed E-state index contributed by atoms with van der Waals surface area (Å²) in [6, 6.07) is 0. The van der Waals surface area contributed by atoms with Crippen molar-refractivity contribution in [2.45, 2.75) is 63.1 Å². The highest BCUT2D eigenvalue weighted by Gasteiger charge is 2.52. The van der Waals surface area contributed by atoms with E-state index in [2.05, 4.69) is 57.5 Å². The first-order valence-corrected chi connectivity index (χ1v) is 11.5. The molecule has 2 N–H and O–H groups in total. The van der Waals surface area contributed by atoms with E-state index in [0.29, 0.717) is 18.8 Å². The molecule has 0 fully saturated rings. The summed E-state index contributed by atoms with van der Waals surface area (Å²) in [5.74, 6) is 11.7. The van der Waals surface area contributed by atoms with Crippen molar-refractivity contribution in [1.82, 2.24) is 0 Å². The maximum Gasteiger partial charge on any atom is 0.192 e. The van der Waals surface area contributed by atoms with Crippen molar-refractivity contribution in [2.75, 3.05) is 13.2 Å². The molecule has 2 aliphatic rings. The molecule has 1 aliphatic carbocycles. The number of aliphatic hydroxyl groups is 2. The van der Waals surface area contributed by atoms with Gasteiger partial charge < -0.3 is 19.4 Å². The topological polar surface area (TPSA) is 58.9 Å². The highest BCUT2D eigenvalue weighted by atomic mass is 28.4. The third-order valence-electron chi connectivity index (χ3n) is 5.09. The van der Waals surface area contributed by atoms with Gasteiger partial charge in [-0.2, -0.15) is 0 Å². The Balaban J connectivity index is 2.38. The van der Waals surface area contributed by atoms with Crippen LogP contribution in [0.3, 0.4) is 0 Å². The van der Waals surface area contributed by atoms with Crippen LogP contribution < -0.4 is 0 Å². The van der Waals surface area contributed by atoms with Crippen molar-refractivity contribution in [3.63, 3.8) is 0 Å². The summed E-state index contributed by atoms with van der Waals surface area (Å²) in [5, 5.41) is 21.9. The Morgan fingerprint density at radius 2 is 2.04 bits per heavy atom. The lowest BCUT2D eigenvalue weighted by molar-refractivity contribution is -0.0639. The lowest BCUT2D eigenvalue weighted by atomic mass is 9.89. The summed E-state index contributed by atoms with van der Waals surface area (Å²) in [7, 11) is -2.19. The summed E-state index contributed by atoms with van der Waals surface area (Å²) in [6.07, 6.45) is 3.56. The van der Waals surface area contributed by atoms with E-state index >= 15 is 0 Å². The molecule has 0 aromatic heterocycles. The van der Waals surface area contributed by atoms with Crippen molar-refractivity contribution in [3.8, 4) is 23.7 Å². The van der Waals surface area contributed by atoms with Gasteiger partial charge in [-0.1, -0.05) is 50.5 Å². The molecule has 136 valence electrons. The Morgan fingerprint density at radius 3 is 2.72 bits per heavy atom. The molecule has 25 heavy (non-hydrogen) atoms. The molecule has 0 saturated carbocycles. The van der Waals surface area contributed by atoms with Crippen LogP contribution >= 0.6 is 0 Å². The molecule has 0 bridgehead atoms. The zero-order valence-corrected chi connectivity index (χ0v) is 16.7. The van der Waals surface area contributed by atoms with Crippen LogP contribution in [0.2, 0.25) is 18.1 Å². The average Bonchev–Trinajstić information content (AvgIpc) is 2.71. The molecule has 0 saturated heterocycles. The fraction of sp³-hybridized carbons (Fsp3) is 0.600. The SMILES string of the molecule is CC(C)(C)[Si](C)(C)O[C@H]1[C@H](O)C=C2C#C/C=C\COCC#CCC21O. The lowest BCUT2D eigenvalue weighted by Crippen LogP contribution is -2.54. The van der Waals surface area contributed by atoms with E-state index in [9.17, 15) is 10.2 Å². The molecular formula is C20H28O4Si. The van der Waals surface area contributed by atoms with Crippen LogP contribution in [0.1, 0.15) is 27.2 Å². The van der Waals surface area contributed by atoms with Crippen molar-refractivity contribution < 1.29 is 19.4 Å². The summed E-state index contributed by atoms with van der Waals surface area (Å²) >= 11 is 0. The first kappa shape index (κ1) is 20.0. The zero-order valence-electron chi connectivity index (χ0n) is 15.7. The molecule has 3 atom stereocenters. The quantitative estimate of drug-likeness (QED) is 0.586. The fourth-order valence-electron chi connectivity index (χ4n) is 2.50. The molecule has 4 nitrogen and oxygen atoms in total. The standard InChI is InChI=1S/C20H28O4Si/c1-19(2,3)25(4,5)24-18-17(21)15-16-11-7-6-9-13-23-14-10-8-12-20(16,18)22/h6,9,15,17-18,21-22H,12-14H2,1-5H3/b9-6-/t17-,18+,20?/m1/s1. The smallest absolute Gasteiger partial charge is 0.192 e. The third kappa shape index (κ3) is 4.44. The van der Waals surface area contributed by atoms with E-state index in [1.807, 2.05) is 0 Å². The van der Waals surface area contributed by atoms with Gasteiger partial charge >= 0.3 is 0 Å². The molecule has 0 radical (unpaired) electrons. The second kappa shape index (κ2) is 7.49. The monoisotopic (exact) mass is 360 g/mol. The van der Waals surface area contributed by atoms with E-state index < -0.39 is 26.1 Å². The molecule has 0 aromatic rings. The maximum atomic E-state index is 11.4. The number of fused-ring (bicyclic) bond motifs is 1. The molecule has 5 heteroatoms. The van der Waals surface area contributed by atoms with Crippen molar-refractivity contribution in [2.24, 2.45) is 0 Å². The van der Waals surface area contributed by atoms with Gasteiger partial charge in [-0.3, -0.25) is 0 Å². The van der Waals surface area contributed by atoms with Gasteiger partial charge in [0, 0.05) is 12.0 Å². The number of ether oxygens (including phenoxy) is 1. The summed E-state index contributed by atoms with van der Waals surface area (Å²) in [6.45, 7) is 11.3. The van der Waals surface area contributed by atoms with E-state index in [4.69, 9.17) is 9.16 Å². The van der Waals surface area contributed by atoms with Crippen LogP contribution in [-0.2, 0) is 9.16 Å². The van der Waals surface area contributed by atoms with Crippen molar-refractivity contribution >= 4 is 8.32 Å². The average molecular weight is 361 g/mol. The summed E-state index contributed by atoms with van der Waals surface area (Å²) in [5.41, 5.74) is -0.939. The summed E-state index contributed by atoms with van der Waals surface area (Å²) < 4.78 is 11.7. The van der Waals surface area contributed by atoms with E-state index in [-0.39, 0.29) is 11.5 Å². The van der Waals surface area contributed by atoms with Crippen LogP contribution in [-0.4, -0.2) is 49.6 Å². The van der Waals surface area contributed by atoms with Crippen molar-refractivity contribution in [1.29, 1.82) is 0 Å². The van der Waals surface area contributed by atoms with Gasteiger partial charge in [0.25, 0.3) is 0 Å². The van der Waals surface area contributed by atoms with Crippen LogP contribution in [0.15, 0.2) is 23.8 Å². The van der Waals surface area contributed by atoms with Crippen molar-refractivity contribution in [3.05, 3.63) is 23.8 Å². The molecule has 2 rings (SSSR count). The van der Waals surface area contributed by atoms with Crippen LogP contribution in [0.5, 0.6) is 0 Å². The largest absolute Gasteiger partial charge is 0.408 e. The van der Waals surface area contributed by atoms with Crippen LogP contribution in [0.25, 0.3) is 0 Å². The minimum absolute atomic E-state index is 0.0366. The van der Waals surface area contributed by atoms with Gasteiger partial charge in [0.15, 0.2) is 8.32 Å². The predicted octanol–water partition coefficient (Wildman–Crippen LogP) is 2.39. The second-order valence-electron chi connectivity index (χ2n) is 8.01. The molecule has 0 aromatic carbocycles. The second-order valence-corrected chi connectivity index (χ2v) is 12.8. The summed E-state index contributed by atoms with van der Waals surface area (Å²) in [4.78, 5) is 0. The van der Waals surface area contributed by atoms with Crippen LogP contribution in [0, 0.1) is 23.7 Å². The molecule has 1 unspecified atom stereocenters. The molecule has 1 aliphatic heterocycles. The minimum atomic E-state index is -2.19. The number of hydrogen-bond donors (Lipinski definition) is 2. The Hall–Kier alpha value is -1.34. The Kier molecular flexibility index (Phi) is 5.99. The first-order valence-electron chi connectivity index (χ1n) is 8.58.